The maximum absolute atomic E-state index is 6.24. The van der Waals surface area contributed by atoms with Crippen molar-refractivity contribution in [2.45, 2.75) is 30.4 Å². The van der Waals surface area contributed by atoms with E-state index in [-0.39, 0.29) is 0 Å². The Labute approximate surface area is 101 Å². The van der Waals surface area contributed by atoms with Gasteiger partial charge in [0.25, 0.3) is 0 Å². The highest BCUT2D eigenvalue weighted by atomic mass is 35.5. The van der Waals surface area contributed by atoms with Crippen molar-refractivity contribution in [3.8, 4) is 0 Å². The summed E-state index contributed by atoms with van der Waals surface area (Å²) in [7, 11) is 2.03. The van der Waals surface area contributed by atoms with E-state index in [0.717, 1.165) is 10.8 Å². The maximum Gasteiger partial charge on any atom is 0.0449 e. The van der Waals surface area contributed by atoms with E-state index in [4.69, 9.17) is 11.6 Å². The molecule has 0 saturated heterocycles. The molecule has 1 aromatic carbocycles. The largest absolute Gasteiger partial charge is 0.313 e. The van der Waals surface area contributed by atoms with Gasteiger partial charge in [0.15, 0.2) is 0 Å². The molecule has 1 aromatic rings. The predicted octanol–water partition coefficient (Wildman–Crippen LogP) is 3.63. The molecule has 2 unspecified atom stereocenters. The van der Waals surface area contributed by atoms with Gasteiger partial charge in [-0.2, -0.15) is 11.8 Å². The maximum atomic E-state index is 6.24. The summed E-state index contributed by atoms with van der Waals surface area (Å²) in [5.41, 5.74) is 2.69. The van der Waals surface area contributed by atoms with E-state index in [1.165, 1.54) is 17.5 Å². The lowest BCUT2D eigenvalue weighted by atomic mass is 9.98. The molecule has 1 aliphatic heterocycles. The third kappa shape index (κ3) is 2.32. The van der Waals surface area contributed by atoms with E-state index < -0.39 is 0 Å². The fraction of sp³-hybridized carbons (Fsp3) is 0.500. The van der Waals surface area contributed by atoms with E-state index in [2.05, 4.69) is 18.3 Å². The highest BCUT2D eigenvalue weighted by molar-refractivity contribution is 7.99. The Morgan fingerprint density at radius 2 is 2.27 bits per heavy atom. The van der Waals surface area contributed by atoms with Crippen LogP contribution in [0.5, 0.6) is 0 Å². The van der Waals surface area contributed by atoms with Crippen molar-refractivity contribution < 1.29 is 0 Å². The summed E-state index contributed by atoms with van der Waals surface area (Å²) >= 11 is 8.23. The summed E-state index contributed by atoms with van der Waals surface area (Å²) in [6.07, 6.45) is 1.18. The normalized spacial score (nSPS) is 25.8. The molecule has 2 rings (SSSR count). The van der Waals surface area contributed by atoms with E-state index >= 15 is 0 Å². The lowest BCUT2D eigenvalue weighted by molar-refractivity contribution is 0.549. The second-order valence-electron chi connectivity index (χ2n) is 4.01. The van der Waals surface area contributed by atoms with Gasteiger partial charge in [0.05, 0.1) is 0 Å². The third-order valence-corrected chi connectivity index (χ3v) is 4.53. The van der Waals surface area contributed by atoms with Gasteiger partial charge >= 0.3 is 0 Å². The molecule has 82 valence electrons. The van der Waals surface area contributed by atoms with Gasteiger partial charge in [-0.25, -0.2) is 0 Å². The van der Waals surface area contributed by atoms with Crippen molar-refractivity contribution in [3.63, 3.8) is 0 Å². The highest BCUT2D eigenvalue weighted by Gasteiger charge is 2.22. The van der Waals surface area contributed by atoms with Crippen LogP contribution in [0.15, 0.2) is 18.2 Å². The van der Waals surface area contributed by atoms with E-state index in [1.54, 1.807) is 0 Å². The van der Waals surface area contributed by atoms with E-state index in [1.807, 2.05) is 30.9 Å². The van der Waals surface area contributed by atoms with Crippen molar-refractivity contribution in [1.29, 1.82) is 0 Å². The van der Waals surface area contributed by atoms with Crippen molar-refractivity contribution in [2.75, 3.05) is 7.05 Å². The van der Waals surface area contributed by atoms with E-state index in [0.29, 0.717) is 11.3 Å². The smallest absolute Gasteiger partial charge is 0.0449 e. The average molecular weight is 242 g/mol. The first-order valence-corrected chi connectivity index (χ1v) is 6.71. The van der Waals surface area contributed by atoms with Crippen LogP contribution in [0.25, 0.3) is 0 Å². The van der Waals surface area contributed by atoms with Crippen LogP contribution in [0, 0.1) is 0 Å². The van der Waals surface area contributed by atoms with Gasteiger partial charge in [0, 0.05) is 22.1 Å². The highest BCUT2D eigenvalue weighted by Crippen LogP contribution is 2.37. The minimum atomic E-state index is 0.448. The summed E-state index contributed by atoms with van der Waals surface area (Å²) in [5, 5.41) is 4.98. The Morgan fingerprint density at radius 1 is 1.47 bits per heavy atom. The van der Waals surface area contributed by atoms with Gasteiger partial charge < -0.3 is 5.32 Å². The molecule has 1 nitrogen and oxygen atoms in total. The summed E-state index contributed by atoms with van der Waals surface area (Å²) in [5.74, 6) is 1.04. The number of fused-ring (bicyclic) bond motifs is 1. The molecule has 0 aliphatic carbocycles. The lowest BCUT2D eigenvalue weighted by Gasteiger charge is -2.18. The number of thioether (sulfide) groups is 1. The average Bonchev–Trinajstić information content (AvgIpc) is 2.39. The zero-order valence-corrected chi connectivity index (χ0v) is 10.7. The van der Waals surface area contributed by atoms with Crippen LogP contribution in [0.1, 0.15) is 30.5 Å². The molecule has 0 saturated carbocycles. The monoisotopic (exact) mass is 241 g/mol. The van der Waals surface area contributed by atoms with Crippen molar-refractivity contribution >= 4 is 23.4 Å². The molecule has 0 radical (unpaired) electrons. The van der Waals surface area contributed by atoms with Crippen LogP contribution in [0.2, 0.25) is 5.02 Å². The first kappa shape index (κ1) is 11.3. The van der Waals surface area contributed by atoms with Gasteiger partial charge in [-0.05, 0) is 30.7 Å². The number of hydrogen-bond acceptors (Lipinski definition) is 2. The SMILES string of the molecule is CNC1CC(C)SCc2c(Cl)cccc21. The van der Waals surface area contributed by atoms with Crippen LogP contribution in [-0.4, -0.2) is 12.3 Å². The Morgan fingerprint density at radius 3 is 3.00 bits per heavy atom. The second-order valence-corrected chi connectivity index (χ2v) is 5.84. The first-order valence-electron chi connectivity index (χ1n) is 5.28. The summed E-state index contributed by atoms with van der Waals surface area (Å²) < 4.78 is 0. The van der Waals surface area contributed by atoms with Gasteiger partial charge in [-0.1, -0.05) is 30.7 Å². The molecule has 0 fully saturated rings. The molecule has 0 spiro atoms. The van der Waals surface area contributed by atoms with Crippen LogP contribution in [-0.2, 0) is 5.75 Å². The Balaban J connectivity index is 2.42. The Kier molecular flexibility index (Phi) is 3.60. The zero-order chi connectivity index (χ0) is 10.8. The number of halogens is 1. The topological polar surface area (TPSA) is 12.0 Å². The quantitative estimate of drug-likeness (QED) is 0.806. The molecule has 0 bridgehead atoms. The Hall–Kier alpha value is -0.180. The van der Waals surface area contributed by atoms with Crippen LogP contribution in [0.4, 0.5) is 0 Å². The molecule has 3 heteroatoms. The predicted molar refractivity (Wildman–Crippen MR) is 68.6 cm³/mol. The molecule has 2 atom stereocenters. The first-order chi connectivity index (χ1) is 7.22. The van der Waals surface area contributed by atoms with Gasteiger partial charge in [0.2, 0.25) is 0 Å². The zero-order valence-electron chi connectivity index (χ0n) is 9.09. The number of benzene rings is 1. The third-order valence-electron chi connectivity index (χ3n) is 2.96. The number of hydrogen-bond donors (Lipinski definition) is 1. The van der Waals surface area contributed by atoms with Crippen molar-refractivity contribution in [3.05, 3.63) is 34.3 Å². The van der Waals surface area contributed by atoms with E-state index in [9.17, 15) is 0 Å². The van der Waals surface area contributed by atoms with Gasteiger partial charge in [0.1, 0.15) is 0 Å². The van der Waals surface area contributed by atoms with Crippen LogP contribution < -0.4 is 5.32 Å². The standard InChI is InChI=1S/C12H16ClNS/c1-8-6-12(14-2)9-4-3-5-11(13)10(9)7-15-8/h3-5,8,12,14H,6-7H2,1-2H3. The fourth-order valence-electron chi connectivity index (χ4n) is 2.08. The van der Waals surface area contributed by atoms with Crippen molar-refractivity contribution in [2.24, 2.45) is 0 Å². The van der Waals surface area contributed by atoms with Crippen molar-refractivity contribution in [1.82, 2.24) is 5.32 Å². The summed E-state index contributed by atoms with van der Waals surface area (Å²) in [6, 6.07) is 6.68. The van der Waals surface area contributed by atoms with Crippen LogP contribution in [0.3, 0.4) is 0 Å². The molecule has 0 amide bonds. The minimum absolute atomic E-state index is 0.448. The fourth-order valence-corrected chi connectivity index (χ4v) is 3.51. The second kappa shape index (κ2) is 4.77. The molecular formula is C12H16ClNS. The van der Waals surface area contributed by atoms with Gasteiger partial charge in [-0.15, -0.1) is 0 Å². The summed E-state index contributed by atoms with van der Waals surface area (Å²) in [6.45, 7) is 2.29. The van der Waals surface area contributed by atoms with Crippen LogP contribution >= 0.6 is 23.4 Å². The summed E-state index contributed by atoms with van der Waals surface area (Å²) in [4.78, 5) is 0. The lowest BCUT2D eigenvalue weighted by Crippen LogP contribution is -2.19. The van der Waals surface area contributed by atoms with Gasteiger partial charge in [-0.3, -0.25) is 0 Å². The number of nitrogens with one attached hydrogen (secondary N) is 1. The molecule has 1 N–H and O–H groups in total. The molecule has 1 heterocycles. The molecular weight excluding hydrogens is 226 g/mol. The number of rotatable bonds is 1. The molecule has 0 aromatic heterocycles. The minimum Gasteiger partial charge on any atom is -0.313 e. The molecule has 1 aliphatic rings. The molecule has 15 heavy (non-hydrogen) atoms. The Bertz CT molecular complexity index is 353.